The third kappa shape index (κ3) is 3.01. The van der Waals surface area contributed by atoms with E-state index in [1.165, 1.54) is 16.7 Å². The Morgan fingerprint density at radius 3 is 2.41 bits per heavy atom. The molecule has 0 fully saturated rings. The minimum Gasteiger partial charge on any atom is -0.419 e. The first-order valence-electron chi connectivity index (χ1n) is 7.33. The first-order valence-corrected chi connectivity index (χ1v) is 7.33. The van der Waals surface area contributed by atoms with E-state index in [2.05, 4.69) is 47.6 Å². The van der Waals surface area contributed by atoms with Gasteiger partial charge in [0.2, 0.25) is 11.8 Å². The summed E-state index contributed by atoms with van der Waals surface area (Å²) in [5, 5.41) is 11.6. The Balaban J connectivity index is 1.75. The van der Waals surface area contributed by atoms with Crippen molar-refractivity contribution < 1.29 is 4.42 Å². The number of nitrogens with zero attached hydrogens (tertiary/aromatic N) is 2. The maximum absolute atomic E-state index is 5.74. The van der Waals surface area contributed by atoms with Crippen LogP contribution in [0.25, 0.3) is 11.5 Å². The summed E-state index contributed by atoms with van der Waals surface area (Å²) in [7, 11) is 0. The van der Waals surface area contributed by atoms with E-state index in [0.717, 1.165) is 11.3 Å². The van der Waals surface area contributed by atoms with Crippen LogP contribution in [0.3, 0.4) is 0 Å². The van der Waals surface area contributed by atoms with Gasteiger partial charge in [0.15, 0.2) is 0 Å². The van der Waals surface area contributed by atoms with Gasteiger partial charge < -0.3 is 9.73 Å². The van der Waals surface area contributed by atoms with Gasteiger partial charge >= 0.3 is 0 Å². The molecule has 1 aromatic heterocycles. The van der Waals surface area contributed by atoms with Gasteiger partial charge in [-0.1, -0.05) is 35.9 Å². The Hall–Kier alpha value is -2.62. The lowest BCUT2D eigenvalue weighted by Crippen LogP contribution is -2.03. The molecule has 0 saturated heterocycles. The molecule has 2 aromatic carbocycles. The number of anilines is 1. The second-order valence-corrected chi connectivity index (χ2v) is 5.49. The predicted molar refractivity (Wildman–Crippen MR) is 87.7 cm³/mol. The SMILES string of the molecule is Cc1cccc(-c2nnc(CNc3c(C)cccc3C)o2)c1. The summed E-state index contributed by atoms with van der Waals surface area (Å²) in [6, 6.07) is 14.3. The molecule has 0 spiro atoms. The summed E-state index contributed by atoms with van der Waals surface area (Å²) in [6.45, 7) is 6.73. The van der Waals surface area contributed by atoms with Crippen LogP contribution in [0.2, 0.25) is 0 Å². The molecule has 0 bridgehead atoms. The average Bonchev–Trinajstić information content (AvgIpc) is 2.96. The number of benzene rings is 2. The largest absolute Gasteiger partial charge is 0.419 e. The van der Waals surface area contributed by atoms with Crippen molar-refractivity contribution >= 4 is 5.69 Å². The highest BCUT2D eigenvalue weighted by molar-refractivity contribution is 5.57. The molecule has 0 saturated carbocycles. The molecule has 0 aliphatic heterocycles. The van der Waals surface area contributed by atoms with Gasteiger partial charge in [0.25, 0.3) is 0 Å². The van der Waals surface area contributed by atoms with E-state index in [-0.39, 0.29) is 0 Å². The van der Waals surface area contributed by atoms with E-state index >= 15 is 0 Å². The molecule has 3 rings (SSSR count). The lowest BCUT2D eigenvalue weighted by molar-refractivity contribution is 0.515. The van der Waals surface area contributed by atoms with Gasteiger partial charge in [-0.3, -0.25) is 0 Å². The molecule has 0 aliphatic rings. The van der Waals surface area contributed by atoms with E-state index in [9.17, 15) is 0 Å². The molecular weight excluding hydrogens is 274 g/mol. The van der Waals surface area contributed by atoms with Crippen molar-refractivity contribution in [3.8, 4) is 11.5 Å². The van der Waals surface area contributed by atoms with Gasteiger partial charge in [0, 0.05) is 11.3 Å². The molecule has 112 valence electrons. The fourth-order valence-electron chi connectivity index (χ4n) is 2.48. The minimum atomic E-state index is 0.518. The Labute approximate surface area is 130 Å². The summed E-state index contributed by atoms with van der Waals surface area (Å²) in [6.07, 6.45) is 0. The fraction of sp³-hybridized carbons (Fsp3) is 0.222. The first-order chi connectivity index (χ1) is 10.6. The van der Waals surface area contributed by atoms with Crippen molar-refractivity contribution in [3.05, 3.63) is 65.0 Å². The zero-order valence-electron chi connectivity index (χ0n) is 13.1. The molecular formula is C18H19N3O. The van der Waals surface area contributed by atoms with Crippen molar-refractivity contribution in [3.63, 3.8) is 0 Å². The van der Waals surface area contributed by atoms with Crippen LogP contribution >= 0.6 is 0 Å². The fourth-order valence-corrected chi connectivity index (χ4v) is 2.48. The van der Waals surface area contributed by atoms with E-state index < -0.39 is 0 Å². The van der Waals surface area contributed by atoms with Gasteiger partial charge in [-0.2, -0.15) is 0 Å². The van der Waals surface area contributed by atoms with Crippen LogP contribution in [0.15, 0.2) is 46.9 Å². The summed E-state index contributed by atoms with van der Waals surface area (Å²) >= 11 is 0. The smallest absolute Gasteiger partial charge is 0.247 e. The van der Waals surface area contributed by atoms with E-state index in [1.807, 2.05) is 31.2 Å². The molecule has 0 atom stereocenters. The van der Waals surface area contributed by atoms with Crippen molar-refractivity contribution in [2.45, 2.75) is 27.3 Å². The quantitative estimate of drug-likeness (QED) is 0.780. The molecule has 0 unspecified atom stereocenters. The lowest BCUT2D eigenvalue weighted by Gasteiger charge is -2.10. The second-order valence-electron chi connectivity index (χ2n) is 5.49. The number of aryl methyl sites for hydroxylation is 3. The molecule has 0 amide bonds. The Bertz CT molecular complexity index is 772. The number of aromatic nitrogens is 2. The topological polar surface area (TPSA) is 51.0 Å². The van der Waals surface area contributed by atoms with E-state index in [0.29, 0.717) is 18.3 Å². The second kappa shape index (κ2) is 6.02. The highest BCUT2D eigenvalue weighted by Gasteiger charge is 2.09. The van der Waals surface area contributed by atoms with Crippen LogP contribution in [0.5, 0.6) is 0 Å². The maximum Gasteiger partial charge on any atom is 0.247 e. The molecule has 1 heterocycles. The van der Waals surface area contributed by atoms with Gasteiger partial charge in [-0.05, 0) is 44.0 Å². The zero-order chi connectivity index (χ0) is 15.5. The number of para-hydroxylation sites is 1. The average molecular weight is 293 g/mol. The summed E-state index contributed by atoms with van der Waals surface area (Å²) in [5.74, 6) is 1.14. The Morgan fingerprint density at radius 2 is 1.68 bits per heavy atom. The zero-order valence-corrected chi connectivity index (χ0v) is 13.1. The Kier molecular flexibility index (Phi) is 3.92. The molecule has 1 N–H and O–H groups in total. The summed E-state index contributed by atoms with van der Waals surface area (Å²) in [5.41, 5.74) is 5.66. The number of nitrogens with one attached hydrogen (secondary N) is 1. The summed E-state index contributed by atoms with van der Waals surface area (Å²) < 4.78 is 5.74. The van der Waals surface area contributed by atoms with Crippen molar-refractivity contribution in [2.75, 3.05) is 5.32 Å². The third-order valence-electron chi connectivity index (χ3n) is 3.63. The normalized spacial score (nSPS) is 10.7. The third-order valence-corrected chi connectivity index (χ3v) is 3.63. The van der Waals surface area contributed by atoms with Crippen molar-refractivity contribution in [1.29, 1.82) is 0 Å². The van der Waals surface area contributed by atoms with Crippen molar-refractivity contribution in [1.82, 2.24) is 10.2 Å². The molecule has 0 radical (unpaired) electrons. The highest BCUT2D eigenvalue weighted by Crippen LogP contribution is 2.22. The van der Waals surface area contributed by atoms with Crippen LogP contribution in [0.1, 0.15) is 22.6 Å². The van der Waals surface area contributed by atoms with Crippen LogP contribution in [-0.4, -0.2) is 10.2 Å². The van der Waals surface area contributed by atoms with Crippen molar-refractivity contribution in [2.24, 2.45) is 0 Å². The molecule has 0 aliphatic carbocycles. The predicted octanol–water partition coefficient (Wildman–Crippen LogP) is 4.27. The van der Waals surface area contributed by atoms with E-state index in [4.69, 9.17) is 4.42 Å². The van der Waals surface area contributed by atoms with Gasteiger partial charge in [-0.15, -0.1) is 10.2 Å². The van der Waals surface area contributed by atoms with E-state index in [1.54, 1.807) is 0 Å². The molecule has 3 aromatic rings. The molecule has 4 nitrogen and oxygen atoms in total. The minimum absolute atomic E-state index is 0.518. The maximum atomic E-state index is 5.74. The number of hydrogen-bond donors (Lipinski definition) is 1. The number of hydrogen-bond acceptors (Lipinski definition) is 4. The van der Waals surface area contributed by atoms with Crippen LogP contribution in [-0.2, 0) is 6.54 Å². The van der Waals surface area contributed by atoms with Gasteiger partial charge in [0.1, 0.15) is 0 Å². The Morgan fingerprint density at radius 1 is 0.955 bits per heavy atom. The summed E-state index contributed by atoms with van der Waals surface area (Å²) in [4.78, 5) is 0. The molecule has 22 heavy (non-hydrogen) atoms. The van der Waals surface area contributed by atoms with Crippen LogP contribution in [0.4, 0.5) is 5.69 Å². The van der Waals surface area contributed by atoms with Crippen LogP contribution in [0, 0.1) is 20.8 Å². The van der Waals surface area contributed by atoms with Gasteiger partial charge in [0.05, 0.1) is 6.54 Å². The van der Waals surface area contributed by atoms with Gasteiger partial charge in [-0.25, -0.2) is 0 Å². The van der Waals surface area contributed by atoms with Crippen LogP contribution < -0.4 is 5.32 Å². The standard InChI is InChI=1S/C18H19N3O/c1-12-6-4-9-15(10-12)18-21-20-16(22-18)11-19-17-13(2)7-5-8-14(17)3/h4-10,19H,11H2,1-3H3. The lowest BCUT2D eigenvalue weighted by atomic mass is 10.1. The highest BCUT2D eigenvalue weighted by atomic mass is 16.4. The monoisotopic (exact) mass is 293 g/mol. The first kappa shape index (κ1) is 14.3. The molecule has 4 heteroatoms. The number of rotatable bonds is 4.